The number of benzene rings is 2. The number of sulfone groups is 1. The molecule has 5 heterocycles. The third kappa shape index (κ3) is 8.85. The van der Waals surface area contributed by atoms with Crippen molar-refractivity contribution in [2.75, 3.05) is 51.4 Å². The van der Waals surface area contributed by atoms with E-state index in [-0.39, 0.29) is 59.1 Å². The van der Waals surface area contributed by atoms with Crippen LogP contribution in [0.5, 0.6) is 17.5 Å². The summed E-state index contributed by atoms with van der Waals surface area (Å²) >= 11 is 0. The molecule has 2 bridgehead atoms. The van der Waals surface area contributed by atoms with Crippen molar-refractivity contribution in [2.24, 2.45) is 0 Å². The van der Waals surface area contributed by atoms with Crippen molar-refractivity contribution < 1.29 is 41.3 Å². The third-order valence-electron chi connectivity index (χ3n) is 12.5. The smallest absolute Gasteiger partial charge is 0.410 e. The van der Waals surface area contributed by atoms with E-state index >= 15 is 4.39 Å². The Morgan fingerprint density at radius 1 is 0.984 bits per heavy atom. The second-order valence-electron chi connectivity index (χ2n) is 18.8. The molecule has 4 aromatic rings. The number of fused-ring (bicyclic) bond motifs is 4. The minimum Gasteiger partial charge on any atom is -0.467 e. The van der Waals surface area contributed by atoms with Crippen LogP contribution in [0.1, 0.15) is 99.6 Å². The van der Waals surface area contributed by atoms with Crippen LogP contribution in [0.2, 0.25) is 16.6 Å². The van der Waals surface area contributed by atoms with Crippen molar-refractivity contribution in [2.45, 2.75) is 134 Å². The molecule has 62 heavy (non-hydrogen) atoms. The van der Waals surface area contributed by atoms with E-state index in [0.29, 0.717) is 77.2 Å². The van der Waals surface area contributed by atoms with Gasteiger partial charge in [0.2, 0.25) is 9.84 Å². The number of piperazine rings is 1. The van der Waals surface area contributed by atoms with Gasteiger partial charge in [-0.3, -0.25) is 9.47 Å². The molecule has 336 valence electrons. The summed E-state index contributed by atoms with van der Waals surface area (Å²) in [6, 6.07) is 5.96. The maximum Gasteiger partial charge on any atom is 0.410 e. The Hall–Kier alpha value is -4.50. The standard InChI is InChI=1S/C45H61FN6O8SSi/c1-27(2)62(28(3)4,29(5)6)20-18-35-36(46)17-14-30-21-34(58-26-56-10)22-37(38(30)35)59-43-48-40-39(52(43)33-13-12-19-57-25-33)41(49-42(47-40)61(11,54)55)50-23-31-15-16-32(24-50)51(31)44(53)60-45(7,8)9/h14,17,21-22,27-29,31-33H,12-13,15-16,19,23-26H2,1-11H3. The normalized spacial score (nSPS) is 19.8. The second-order valence-corrected chi connectivity index (χ2v) is 26.3. The van der Waals surface area contributed by atoms with Gasteiger partial charge in [-0.2, -0.15) is 15.0 Å². The lowest BCUT2D eigenvalue weighted by molar-refractivity contribution is 0.0122. The summed E-state index contributed by atoms with van der Waals surface area (Å²) in [4.78, 5) is 31.5. The number of aromatic nitrogens is 4. The quantitative estimate of drug-likeness (QED) is 0.0614. The first-order chi connectivity index (χ1) is 29.2. The van der Waals surface area contributed by atoms with E-state index in [1.54, 1.807) is 18.2 Å². The highest BCUT2D eigenvalue weighted by Gasteiger charge is 2.46. The number of carbonyl (C=O) groups excluding carboxylic acids is 1. The molecule has 1 amide bonds. The van der Waals surface area contributed by atoms with E-state index in [4.69, 9.17) is 33.7 Å². The molecule has 3 saturated heterocycles. The molecule has 2 aromatic carbocycles. The number of methoxy groups -OCH3 is 1. The molecule has 17 heteroatoms. The van der Waals surface area contributed by atoms with Crippen LogP contribution < -0.4 is 14.4 Å². The minimum atomic E-state index is -3.92. The van der Waals surface area contributed by atoms with Gasteiger partial charge in [-0.05, 0) is 80.6 Å². The Morgan fingerprint density at radius 3 is 2.24 bits per heavy atom. The Kier molecular flexibility index (Phi) is 12.9. The van der Waals surface area contributed by atoms with Crippen molar-refractivity contribution in [3.05, 3.63) is 35.6 Å². The van der Waals surface area contributed by atoms with Gasteiger partial charge in [0.05, 0.1) is 30.3 Å². The lowest BCUT2D eigenvalue weighted by Gasteiger charge is -2.42. The topological polar surface area (TPSA) is 147 Å². The first-order valence-electron chi connectivity index (χ1n) is 21.7. The first kappa shape index (κ1) is 45.5. The Balaban J connectivity index is 1.44. The average Bonchev–Trinajstić information content (AvgIpc) is 3.69. The maximum absolute atomic E-state index is 16.4. The largest absolute Gasteiger partial charge is 0.467 e. The van der Waals surface area contributed by atoms with Gasteiger partial charge < -0.3 is 28.6 Å². The highest BCUT2D eigenvalue weighted by atomic mass is 32.2. The monoisotopic (exact) mass is 892 g/mol. The van der Waals surface area contributed by atoms with Crippen LogP contribution >= 0.6 is 0 Å². The maximum atomic E-state index is 16.4. The highest BCUT2D eigenvalue weighted by molar-refractivity contribution is 7.90. The van der Waals surface area contributed by atoms with Gasteiger partial charge in [-0.15, -0.1) is 5.54 Å². The summed E-state index contributed by atoms with van der Waals surface area (Å²) in [5.41, 5.74) is 4.77. The third-order valence-corrected chi connectivity index (χ3v) is 19.6. The molecule has 0 N–H and O–H groups in total. The zero-order valence-corrected chi connectivity index (χ0v) is 39.7. The predicted octanol–water partition coefficient (Wildman–Crippen LogP) is 8.81. The molecule has 3 unspecified atom stereocenters. The fraction of sp³-hybridized carbons (Fsp3) is 0.600. The van der Waals surface area contributed by atoms with E-state index in [1.165, 1.54) is 13.2 Å². The minimum absolute atomic E-state index is 0.0432. The van der Waals surface area contributed by atoms with Crippen LogP contribution in [-0.4, -0.2) is 111 Å². The highest BCUT2D eigenvalue weighted by Crippen LogP contribution is 2.44. The average molecular weight is 893 g/mol. The lowest BCUT2D eigenvalue weighted by Crippen LogP contribution is -2.57. The molecule has 14 nitrogen and oxygen atoms in total. The molecule has 0 spiro atoms. The van der Waals surface area contributed by atoms with Gasteiger partial charge >= 0.3 is 12.1 Å². The van der Waals surface area contributed by atoms with Gasteiger partial charge in [-0.25, -0.2) is 17.6 Å². The van der Waals surface area contributed by atoms with Crippen molar-refractivity contribution in [3.8, 4) is 29.0 Å². The Bertz CT molecular complexity index is 2470. The summed E-state index contributed by atoms with van der Waals surface area (Å²) in [5, 5.41) is 0.691. The number of ether oxygens (including phenoxy) is 5. The number of anilines is 1. The van der Waals surface area contributed by atoms with E-state index in [0.717, 1.165) is 25.5 Å². The number of nitrogens with zero attached hydrogens (tertiary/aromatic N) is 6. The molecule has 3 aliphatic heterocycles. The fourth-order valence-corrected chi connectivity index (χ4v) is 15.6. The van der Waals surface area contributed by atoms with Gasteiger partial charge in [0.15, 0.2) is 18.3 Å². The Labute approximate surface area is 365 Å². The molecule has 3 atom stereocenters. The van der Waals surface area contributed by atoms with Gasteiger partial charge in [0.1, 0.15) is 36.5 Å². The fourth-order valence-electron chi connectivity index (χ4n) is 9.85. The summed E-state index contributed by atoms with van der Waals surface area (Å²) in [6.07, 6.45) is 3.65. The summed E-state index contributed by atoms with van der Waals surface area (Å²) in [6.45, 7) is 20.4. The molecule has 0 saturated carbocycles. The summed E-state index contributed by atoms with van der Waals surface area (Å²) in [7, 11) is -4.70. The number of hydrogen-bond donors (Lipinski definition) is 0. The molecular weight excluding hydrogens is 832 g/mol. The molecular formula is C45H61FN6O8SSi. The molecule has 0 radical (unpaired) electrons. The van der Waals surface area contributed by atoms with Crippen molar-refractivity contribution >= 4 is 51.8 Å². The SMILES string of the molecule is COCOc1cc(Oc2nc3nc(S(C)(=O)=O)nc(N4CC5CCC(C4)N5C(=O)OC(C)(C)C)c3n2C2CCCOC2)c2c(C#C[Si](C(C)C)(C(C)C)C(C)C)c(F)ccc2c1. The van der Waals surface area contributed by atoms with Crippen LogP contribution in [0.3, 0.4) is 0 Å². The van der Waals surface area contributed by atoms with Crippen LogP contribution in [-0.2, 0) is 24.0 Å². The number of carbonyl (C=O) groups is 1. The van der Waals surface area contributed by atoms with Crippen molar-refractivity contribution in [3.63, 3.8) is 0 Å². The van der Waals surface area contributed by atoms with Crippen LogP contribution in [0.25, 0.3) is 21.9 Å². The zero-order chi connectivity index (χ0) is 44.9. The van der Waals surface area contributed by atoms with Crippen LogP contribution in [0, 0.1) is 17.3 Å². The van der Waals surface area contributed by atoms with E-state index in [9.17, 15) is 13.2 Å². The van der Waals surface area contributed by atoms with Crippen LogP contribution in [0.15, 0.2) is 29.4 Å². The predicted molar refractivity (Wildman–Crippen MR) is 239 cm³/mol. The summed E-state index contributed by atoms with van der Waals surface area (Å²) < 4.78 is 74.7. The van der Waals surface area contributed by atoms with Gasteiger partial charge in [0.25, 0.3) is 5.16 Å². The van der Waals surface area contributed by atoms with E-state index < -0.39 is 29.3 Å². The Morgan fingerprint density at radius 2 is 1.66 bits per heavy atom. The first-order valence-corrected chi connectivity index (χ1v) is 25.8. The van der Waals surface area contributed by atoms with Gasteiger partial charge in [-0.1, -0.05) is 53.5 Å². The number of rotatable bonds is 11. The van der Waals surface area contributed by atoms with Crippen molar-refractivity contribution in [1.29, 1.82) is 0 Å². The summed E-state index contributed by atoms with van der Waals surface area (Å²) in [5.74, 6) is 3.88. The van der Waals surface area contributed by atoms with E-state index in [2.05, 4.69) is 58.0 Å². The van der Waals surface area contributed by atoms with Gasteiger partial charge in [0, 0.05) is 44.5 Å². The second kappa shape index (κ2) is 17.6. The molecule has 0 aliphatic carbocycles. The molecule has 7 rings (SSSR count). The van der Waals surface area contributed by atoms with Crippen LogP contribution in [0.4, 0.5) is 15.0 Å². The molecule has 3 aliphatic rings. The number of imidazole rings is 1. The van der Waals surface area contributed by atoms with E-state index in [1.807, 2.05) is 35.1 Å². The number of amides is 1. The number of halogens is 1. The molecule has 3 fully saturated rings. The molecule has 2 aromatic heterocycles. The lowest BCUT2D eigenvalue weighted by atomic mass is 10.0. The number of hydrogen-bond acceptors (Lipinski definition) is 12. The van der Waals surface area contributed by atoms with Crippen molar-refractivity contribution in [1.82, 2.24) is 24.4 Å². The zero-order valence-electron chi connectivity index (χ0n) is 37.9.